The third kappa shape index (κ3) is 3.24. The van der Waals surface area contributed by atoms with Crippen LogP contribution in [0.2, 0.25) is 0 Å². The zero-order chi connectivity index (χ0) is 16.4. The van der Waals surface area contributed by atoms with Gasteiger partial charge in [-0.1, -0.05) is 39.8 Å². The van der Waals surface area contributed by atoms with Gasteiger partial charge in [0.2, 0.25) is 0 Å². The van der Waals surface area contributed by atoms with Crippen LogP contribution >= 0.6 is 0 Å². The molecular formula is C20H23N3. The van der Waals surface area contributed by atoms with Gasteiger partial charge in [0.05, 0.1) is 5.52 Å². The van der Waals surface area contributed by atoms with Gasteiger partial charge in [0, 0.05) is 28.9 Å². The highest BCUT2D eigenvalue weighted by atomic mass is 14.8. The maximum absolute atomic E-state index is 4.56. The lowest BCUT2D eigenvalue weighted by atomic mass is 9.82. The molecule has 0 saturated carbocycles. The predicted octanol–water partition coefficient (Wildman–Crippen LogP) is 4.67. The summed E-state index contributed by atoms with van der Waals surface area (Å²) in [7, 11) is 0. The number of rotatable bonds is 4. The van der Waals surface area contributed by atoms with Crippen LogP contribution in [0.5, 0.6) is 0 Å². The van der Waals surface area contributed by atoms with Gasteiger partial charge in [-0.05, 0) is 41.7 Å². The fraction of sp³-hybridized carbons (Fsp3) is 0.350. The summed E-state index contributed by atoms with van der Waals surface area (Å²) in [5.74, 6) is 0.504. The molecule has 23 heavy (non-hydrogen) atoms. The van der Waals surface area contributed by atoms with Crippen LogP contribution in [0.25, 0.3) is 10.9 Å². The van der Waals surface area contributed by atoms with E-state index in [0.29, 0.717) is 5.92 Å². The second-order valence-corrected chi connectivity index (χ2v) is 7.06. The van der Waals surface area contributed by atoms with E-state index in [1.165, 1.54) is 16.5 Å². The molecule has 0 spiro atoms. The van der Waals surface area contributed by atoms with E-state index < -0.39 is 0 Å². The Labute approximate surface area is 137 Å². The van der Waals surface area contributed by atoms with E-state index in [4.69, 9.17) is 0 Å². The van der Waals surface area contributed by atoms with E-state index in [1.807, 2.05) is 12.3 Å². The number of hydrogen-bond acceptors (Lipinski definition) is 3. The van der Waals surface area contributed by atoms with Crippen molar-refractivity contribution in [1.29, 1.82) is 0 Å². The van der Waals surface area contributed by atoms with Crippen molar-refractivity contribution in [3.8, 4) is 0 Å². The Morgan fingerprint density at radius 2 is 1.83 bits per heavy atom. The third-order valence-corrected chi connectivity index (χ3v) is 4.38. The van der Waals surface area contributed by atoms with Gasteiger partial charge >= 0.3 is 0 Å². The number of fused-ring (bicyclic) bond motifs is 1. The molecule has 3 aromatic rings. The Morgan fingerprint density at radius 1 is 1.00 bits per heavy atom. The zero-order valence-corrected chi connectivity index (χ0v) is 14.2. The Bertz CT molecular complexity index is 807. The average molecular weight is 305 g/mol. The summed E-state index contributed by atoms with van der Waals surface area (Å²) in [5, 5.41) is 1.26. The van der Waals surface area contributed by atoms with Gasteiger partial charge in [-0.15, -0.1) is 0 Å². The van der Waals surface area contributed by atoms with Crippen LogP contribution < -0.4 is 0 Å². The van der Waals surface area contributed by atoms with Crippen LogP contribution in [-0.2, 0) is 11.8 Å². The first-order chi connectivity index (χ1) is 11.0. The van der Waals surface area contributed by atoms with Gasteiger partial charge in [0.25, 0.3) is 0 Å². The molecule has 118 valence electrons. The highest BCUT2D eigenvalue weighted by molar-refractivity contribution is 5.83. The first-order valence-electron chi connectivity index (χ1n) is 8.11. The van der Waals surface area contributed by atoms with Crippen LogP contribution in [-0.4, -0.2) is 15.0 Å². The van der Waals surface area contributed by atoms with Crippen molar-refractivity contribution < 1.29 is 0 Å². The highest BCUT2D eigenvalue weighted by Gasteiger charge is 2.22. The monoisotopic (exact) mass is 305 g/mol. The standard InChI is InChI=1S/C20H23N3/c1-14(2)16-7-10-22-18-11-15(5-6-17(16)18)12-20(3,4)19-8-9-21-13-23-19/h5-11,13-14H,12H2,1-4H3. The minimum absolute atomic E-state index is 0.0354. The van der Waals surface area contributed by atoms with Crippen LogP contribution in [0, 0.1) is 0 Å². The summed E-state index contributed by atoms with van der Waals surface area (Å²) < 4.78 is 0. The molecule has 3 rings (SSSR count). The van der Waals surface area contributed by atoms with E-state index in [0.717, 1.165) is 17.6 Å². The molecule has 3 heteroatoms. The van der Waals surface area contributed by atoms with Crippen molar-refractivity contribution in [3.05, 3.63) is 65.9 Å². The number of aromatic nitrogens is 3. The molecular weight excluding hydrogens is 282 g/mol. The van der Waals surface area contributed by atoms with Crippen molar-refractivity contribution in [3.63, 3.8) is 0 Å². The minimum Gasteiger partial charge on any atom is -0.256 e. The van der Waals surface area contributed by atoms with Gasteiger partial charge in [0.15, 0.2) is 0 Å². The quantitative estimate of drug-likeness (QED) is 0.703. The smallest absolute Gasteiger partial charge is 0.115 e. The topological polar surface area (TPSA) is 38.7 Å². The fourth-order valence-electron chi connectivity index (χ4n) is 3.12. The summed E-state index contributed by atoms with van der Waals surface area (Å²) in [6.45, 7) is 8.89. The molecule has 2 aromatic heterocycles. The maximum atomic E-state index is 4.56. The van der Waals surface area contributed by atoms with Crippen molar-refractivity contribution >= 4 is 10.9 Å². The first-order valence-corrected chi connectivity index (χ1v) is 8.11. The largest absolute Gasteiger partial charge is 0.256 e. The zero-order valence-electron chi connectivity index (χ0n) is 14.2. The van der Waals surface area contributed by atoms with E-state index in [2.05, 4.69) is 66.9 Å². The number of hydrogen-bond donors (Lipinski definition) is 0. The number of pyridine rings is 1. The minimum atomic E-state index is -0.0354. The summed E-state index contributed by atoms with van der Waals surface area (Å²) >= 11 is 0. The van der Waals surface area contributed by atoms with Crippen LogP contribution in [0.1, 0.15) is 50.4 Å². The summed E-state index contributed by atoms with van der Waals surface area (Å²) in [5.41, 5.74) is 4.75. The fourth-order valence-corrected chi connectivity index (χ4v) is 3.12. The van der Waals surface area contributed by atoms with E-state index in [9.17, 15) is 0 Å². The Morgan fingerprint density at radius 3 is 2.52 bits per heavy atom. The van der Waals surface area contributed by atoms with Crippen molar-refractivity contribution in [2.24, 2.45) is 0 Å². The van der Waals surface area contributed by atoms with E-state index in [-0.39, 0.29) is 5.41 Å². The van der Waals surface area contributed by atoms with E-state index in [1.54, 1.807) is 12.5 Å². The molecule has 0 saturated heterocycles. The van der Waals surface area contributed by atoms with Crippen LogP contribution in [0.4, 0.5) is 0 Å². The molecule has 0 amide bonds. The first kappa shape index (κ1) is 15.6. The Kier molecular flexibility index (Phi) is 4.12. The Hall–Kier alpha value is -2.29. The van der Waals surface area contributed by atoms with E-state index >= 15 is 0 Å². The second kappa shape index (κ2) is 6.07. The highest BCUT2D eigenvalue weighted by Crippen LogP contribution is 2.29. The van der Waals surface area contributed by atoms with Crippen LogP contribution in [0.15, 0.2) is 49.1 Å². The molecule has 0 aliphatic rings. The van der Waals surface area contributed by atoms with Gasteiger partial charge in [-0.25, -0.2) is 9.97 Å². The maximum Gasteiger partial charge on any atom is 0.115 e. The lowest BCUT2D eigenvalue weighted by Gasteiger charge is -2.24. The molecule has 0 unspecified atom stereocenters. The molecule has 0 aliphatic carbocycles. The molecule has 1 aromatic carbocycles. The van der Waals surface area contributed by atoms with Gasteiger partial charge in [-0.3, -0.25) is 4.98 Å². The lowest BCUT2D eigenvalue weighted by molar-refractivity contribution is 0.504. The molecule has 0 fully saturated rings. The number of nitrogens with zero attached hydrogens (tertiary/aromatic N) is 3. The number of benzene rings is 1. The lowest BCUT2D eigenvalue weighted by Crippen LogP contribution is -2.22. The normalized spacial score (nSPS) is 12.0. The SMILES string of the molecule is CC(C)c1ccnc2cc(CC(C)(C)c3ccncn3)ccc12. The molecule has 0 radical (unpaired) electrons. The third-order valence-electron chi connectivity index (χ3n) is 4.38. The van der Waals surface area contributed by atoms with Crippen molar-refractivity contribution in [1.82, 2.24) is 15.0 Å². The molecule has 3 nitrogen and oxygen atoms in total. The van der Waals surface area contributed by atoms with Gasteiger partial charge in [-0.2, -0.15) is 0 Å². The summed E-state index contributed by atoms with van der Waals surface area (Å²) in [6.07, 6.45) is 6.26. The molecule has 0 N–H and O–H groups in total. The van der Waals surface area contributed by atoms with Gasteiger partial charge < -0.3 is 0 Å². The molecule has 0 aliphatic heterocycles. The van der Waals surface area contributed by atoms with Gasteiger partial charge in [0.1, 0.15) is 6.33 Å². The average Bonchev–Trinajstić information content (AvgIpc) is 2.54. The predicted molar refractivity (Wildman–Crippen MR) is 94.6 cm³/mol. The summed E-state index contributed by atoms with van der Waals surface area (Å²) in [6, 6.07) is 10.8. The molecule has 2 heterocycles. The van der Waals surface area contributed by atoms with Crippen LogP contribution in [0.3, 0.4) is 0 Å². The molecule has 0 atom stereocenters. The van der Waals surface area contributed by atoms with Crippen molar-refractivity contribution in [2.75, 3.05) is 0 Å². The Balaban J connectivity index is 1.95. The summed E-state index contributed by atoms with van der Waals surface area (Å²) in [4.78, 5) is 13.0. The second-order valence-electron chi connectivity index (χ2n) is 7.06. The van der Waals surface area contributed by atoms with Crippen molar-refractivity contribution in [2.45, 2.75) is 45.4 Å². The molecule has 0 bridgehead atoms.